The first-order valence-electron chi connectivity index (χ1n) is 20.6. The number of carbonyl (C=O) groups is 1. The van der Waals surface area contributed by atoms with E-state index in [-0.39, 0.29) is 12.5 Å². The minimum absolute atomic E-state index is 0.189. The summed E-state index contributed by atoms with van der Waals surface area (Å²) in [7, 11) is 0. The summed E-state index contributed by atoms with van der Waals surface area (Å²) in [6.45, 7) is 3.73. The van der Waals surface area contributed by atoms with E-state index in [1.54, 1.807) is 6.08 Å². The van der Waals surface area contributed by atoms with Crippen molar-refractivity contribution in [2.75, 3.05) is 13.2 Å². The molecule has 0 radical (unpaired) electrons. The van der Waals surface area contributed by atoms with E-state index in [0.29, 0.717) is 6.42 Å². The SMILES string of the molecule is CCCCCCCCCCCC/C=C/CC/C=C/[C@@H](O)[C@H](CO[C@@H]1O[C@H](CO)[C@@H](O)C(O)C1O)NC(=O)CCCCCCCCCCCCC. The fourth-order valence-electron chi connectivity index (χ4n) is 6.41. The Hall–Kier alpha value is -1.33. The number of aliphatic hydroxyl groups is 5. The lowest BCUT2D eigenvalue weighted by molar-refractivity contribution is -0.302. The number of allylic oxidation sites excluding steroid dienone is 3. The van der Waals surface area contributed by atoms with Crippen LogP contribution in [0.2, 0.25) is 0 Å². The number of unbranched alkanes of at least 4 members (excludes halogenated alkanes) is 21. The van der Waals surface area contributed by atoms with Gasteiger partial charge in [-0.15, -0.1) is 0 Å². The third kappa shape index (κ3) is 23.3. The quantitative estimate of drug-likeness (QED) is 0.0302. The molecule has 9 heteroatoms. The van der Waals surface area contributed by atoms with Gasteiger partial charge in [-0.2, -0.15) is 0 Å². The molecule has 1 fully saturated rings. The normalized spacial score (nSPS) is 22.4. The Balaban J connectivity index is 2.45. The lowest BCUT2D eigenvalue weighted by atomic mass is 9.99. The van der Waals surface area contributed by atoms with Gasteiger partial charge >= 0.3 is 0 Å². The molecule has 9 nitrogen and oxygen atoms in total. The predicted molar refractivity (Wildman–Crippen MR) is 203 cm³/mol. The summed E-state index contributed by atoms with van der Waals surface area (Å²) >= 11 is 0. The molecule has 1 saturated heterocycles. The van der Waals surface area contributed by atoms with Gasteiger partial charge in [0.25, 0.3) is 0 Å². The minimum Gasteiger partial charge on any atom is -0.394 e. The molecule has 0 aliphatic carbocycles. The highest BCUT2D eigenvalue weighted by molar-refractivity contribution is 5.76. The van der Waals surface area contributed by atoms with Gasteiger partial charge in [-0.25, -0.2) is 0 Å². The first-order chi connectivity index (χ1) is 24.3. The Morgan fingerprint density at radius 1 is 0.660 bits per heavy atom. The summed E-state index contributed by atoms with van der Waals surface area (Å²) < 4.78 is 11.2. The molecule has 1 amide bonds. The van der Waals surface area contributed by atoms with E-state index >= 15 is 0 Å². The van der Waals surface area contributed by atoms with E-state index in [2.05, 4.69) is 31.3 Å². The van der Waals surface area contributed by atoms with Crippen LogP contribution in [0.5, 0.6) is 0 Å². The molecule has 7 atom stereocenters. The van der Waals surface area contributed by atoms with E-state index in [0.717, 1.165) is 38.5 Å². The van der Waals surface area contributed by atoms with E-state index in [1.807, 2.05) is 6.08 Å². The number of nitrogens with one attached hydrogen (secondary N) is 1. The fraction of sp³-hybridized carbons (Fsp3) is 0.878. The van der Waals surface area contributed by atoms with Crippen molar-refractivity contribution in [3.63, 3.8) is 0 Å². The van der Waals surface area contributed by atoms with Gasteiger partial charge in [0.2, 0.25) is 5.91 Å². The lowest BCUT2D eigenvalue weighted by Gasteiger charge is -2.40. The number of rotatable bonds is 33. The Labute approximate surface area is 305 Å². The van der Waals surface area contributed by atoms with Crippen molar-refractivity contribution in [1.29, 1.82) is 0 Å². The van der Waals surface area contributed by atoms with Gasteiger partial charge in [0.15, 0.2) is 6.29 Å². The summed E-state index contributed by atoms with van der Waals surface area (Å²) in [4.78, 5) is 12.9. The second-order valence-corrected chi connectivity index (χ2v) is 14.4. The first-order valence-corrected chi connectivity index (χ1v) is 20.6. The van der Waals surface area contributed by atoms with Crippen molar-refractivity contribution in [3.8, 4) is 0 Å². The van der Waals surface area contributed by atoms with Gasteiger partial charge < -0.3 is 40.3 Å². The van der Waals surface area contributed by atoms with Gasteiger partial charge in [-0.3, -0.25) is 4.79 Å². The molecule has 6 N–H and O–H groups in total. The zero-order valence-corrected chi connectivity index (χ0v) is 31.9. The zero-order valence-electron chi connectivity index (χ0n) is 31.9. The van der Waals surface area contributed by atoms with Crippen LogP contribution in [0.3, 0.4) is 0 Å². The molecule has 1 aliphatic rings. The highest BCUT2D eigenvalue weighted by Gasteiger charge is 2.44. The summed E-state index contributed by atoms with van der Waals surface area (Å²) in [5, 5.41) is 53.9. The molecular formula is C41H77NO8. The number of ether oxygens (including phenoxy) is 2. The number of carbonyl (C=O) groups excluding carboxylic acids is 1. The van der Waals surface area contributed by atoms with Crippen LogP contribution in [0.25, 0.3) is 0 Å². The van der Waals surface area contributed by atoms with Crippen LogP contribution in [0.1, 0.15) is 174 Å². The highest BCUT2D eigenvalue weighted by Crippen LogP contribution is 2.22. The minimum atomic E-state index is -1.57. The Kier molecular flexibility index (Phi) is 30.2. The predicted octanol–water partition coefficient (Wildman–Crippen LogP) is 7.55. The van der Waals surface area contributed by atoms with E-state index in [4.69, 9.17) is 9.47 Å². The molecule has 50 heavy (non-hydrogen) atoms. The summed E-state index contributed by atoms with van der Waals surface area (Å²) in [6.07, 6.45) is 29.3. The maximum atomic E-state index is 12.9. The smallest absolute Gasteiger partial charge is 0.220 e. The van der Waals surface area contributed by atoms with Gasteiger partial charge in [-0.05, 0) is 32.1 Å². The Morgan fingerprint density at radius 2 is 1.14 bits per heavy atom. The third-order valence-electron chi connectivity index (χ3n) is 9.78. The molecule has 0 aromatic rings. The molecule has 0 aromatic carbocycles. The molecule has 0 bridgehead atoms. The standard InChI is InChI=1S/C41H77NO8/c1-3-5-7-9-11-13-15-16-17-18-19-21-22-24-26-28-30-35(44)34(33-49-41-40(48)39(47)38(46)36(32-43)50-41)42-37(45)31-29-27-25-23-20-14-12-10-8-6-4-2/h21-22,28,30,34-36,38-41,43-44,46-48H,3-20,23-27,29,31-33H2,1-2H3,(H,42,45)/b22-21+,30-28+/t34-,35+,36+,38+,39?,40?,41+/m0/s1. The maximum absolute atomic E-state index is 12.9. The van der Waals surface area contributed by atoms with Crippen molar-refractivity contribution in [2.45, 2.75) is 217 Å². The molecule has 1 aliphatic heterocycles. The largest absolute Gasteiger partial charge is 0.394 e. The van der Waals surface area contributed by atoms with Crippen molar-refractivity contribution < 1.29 is 39.8 Å². The van der Waals surface area contributed by atoms with E-state index < -0.39 is 49.5 Å². The zero-order chi connectivity index (χ0) is 36.7. The number of amides is 1. The highest BCUT2D eigenvalue weighted by atomic mass is 16.7. The van der Waals surface area contributed by atoms with Crippen molar-refractivity contribution in [2.24, 2.45) is 0 Å². The van der Waals surface area contributed by atoms with Crippen LogP contribution in [0.15, 0.2) is 24.3 Å². The van der Waals surface area contributed by atoms with Gasteiger partial charge in [0, 0.05) is 6.42 Å². The van der Waals surface area contributed by atoms with Crippen LogP contribution < -0.4 is 5.32 Å². The number of aliphatic hydroxyl groups excluding tert-OH is 5. The Bertz CT molecular complexity index is 837. The third-order valence-corrected chi connectivity index (χ3v) is 9.78. The van der Waals surface area contributed by atoms with Crippen molar-refractivity contribution in [1.82, 2.24) is 5.32 Å². The summed E-state index contributed by atoms with van der Waals surface area (Å²) in [6, 6.07) is -0.814. The molecule has 2 unspecified atom stereocenters. The molecular weight excluding hydrogens is 634 g/mol. The van der Waals surface area contributed by atoms with Crippen LogP contribution in [-0.4, -0.2) is 87.5 Å². The Morgan fingerprint density at radius 3 is 1.68 bits per heavy atom. The molecule has 0 aromatic heterocycles. The molecule has 1 heterocycles. The van der Waals surface area contributed by atoms with Crippen LogP contribution in [0, 0.1) is 0 Å². The summed E-state index contributed by atoms with van der Waals surface area (Å²) in [5.41, 5.74) is 0. The van der Waals surface area contributed by atoms with Gasteiger partial charge in [-0.1, -0.05) is 160 Å². The number of hydrogen-bond acceptors (Lipinski definition) is 8. The van der Waals surface area contributed by atoms with E-state index in [9.17, 15) is 30.3 Å². The van der Waals surface area contributed by atoms with Gasteiger partial charge in [0.05, 0.1) is 25.4 Å². The first kappa shape index (κ1) is 46.7. The molecule has 294 valence electrons. The van der Waals surface area contributed by atoms with Crippen molar-refractivity contribution in [3.05, 3.63) is 24.3 Å². The average Bonchev–Trinajstić information content (AvgIpc) is 3.11. The van der Waals surface area contributed by atoms with Gasteiger partial charge in [0.1, 0.15) is 24.4 Å². The number of hydrogen-bond donors (Lipinski definition) is 6. The molecule has 0 saturated carbocycles. The second kappa shape index (κ2) is 32.3. The topological polar surface area (TPSA) is 149 Å². The monoisotopic (exact) mass is 712 g/mol. The molecule has 0 spiro atoms. The summed E-state index contributed by atoms with van der Waals surface area (Å²) in [5.74, 6) is -0.189. The second-order valence-electron chi connectivity index (χ2n) is 14.4. The van der Waals surface area contributed by atoms with Crippen molar-refractivity contribution >= 4 is 5.91 Å². The fourth-order valence-corrected chi connectivity index (χ4v) is 6.41. The van der Waals surface area contributed by atoms with E-state index in [1.165, 1.54) is 116 Å². The lowest BCUT2D eigenvalue weighted by Crippen LogP contribution is -2.60. The average molecular weight is 712 g/mol. The van der Waals surface area contributed by atoms with Crippen LogP contribution >= 0.6 is 0 Å². The van der Waals surface area contributed by atoms with Crippen LogP contribution in [0.4, 0.5) is 0 Å². The van der Waals surface area contributed by atoms with Crippen LogP contribution in [-0.2, 0) is 14.3 Å². The molecule has 1 rings (SSSR count). The maximum Gasteiger partial charge on any atom is 0.220 e.